The molecule has 2 aromatic rings. The van der Waals surface area contributed by atoms with Gasteiger partial charge in [-0.15, -0.1) is 10.2 Å². The number of phenols is 2. The van der Waals surface area contributed by atoms with Gasteiger partial charge in [-0.2, -0.15) is 0 Å². The average molecular weight is 257 g/mol. The van der Waals surface area contributed by atoms with Crippen LogP contribution in [0.1, 0.15) is 1.43 Å². The number of hydrogen-bond acceptors (Lipinski definition) is 5. The Morgan fingerprint density at radius 1 is 1.06 bits per heavy atom. The molecule has 0 aliphatic heterocycles. The maximum atomic E-state index is 9.44. The van der Waals surface area contributed by atoms with Gasteiger partial charge in [-0.25, -0.2) is 4.98 Å². The van der Waals surface area contributed by atoms with Gasteiger partial charge >= 0.3 is 29.6 Å². The van der Waals surface area contributed by atoms with Crippen LogP contribution in [0, 0.1) is 0 Å². The van der Waals surface area contributed by atoms with Gasteiger partial charge in [0.05, 0.1) is 0 Å². The van der Waals surface area contributed by atoms with Gasteiger partial charge in [-0.1, -0.05) is 6.07 Å². The molecule has 0 saturated heterocycles. The largest absolute Gasteiger partial charge is 1.00 e. The summed E-state index contributed by atoms with van der Waals surface area (Å²) in [5.41, 5.74) is 0.281. The Morgan fingerprint density at radius 3 is 2.44 bits per heavy atom. The van der Waals surface area contributed by atoms with Crippen molar-refractivity contribution in [1.29, 1.82) is 0 Å². The molecule has 0 radical (unpaired) electrons. The second-order valence-corrected chi connectivity index (χ2v) is 3.06. The minimum absolute atomic E-state index is 0. The maximum absolute atomic E-state index is 9.44. The van der Waals surface area contributed by atoms with E-state index >= 15 is 0 Å². The predicted molar refractivity (Wildman–Crippen MR) is 62.9 cm³/mol. The molecule has 7 heteroatoms. The summed E-state index contributed by atoms with van der Waals surface area (Å²) >= 11 is 0. The number of phenolic OH excluding ortho intramolecular Hbond substituents is 2. The van der Waals surface area contributed by atoms with Crippen molar-refractivity contribution in [3.8, 4) is 11.5 Å². The summed E-state index contributed by atoms with van der Waals surface area (Å²) < 4.78 is 0. The third-order valence-corrected chi connectivity index (χ3v) is 1.87. The van der Waals surface area contributed by atoms with Crippen LogP contribution in [0.25, 0.3) is 0 Å². The Labute approximate surface area is 127 Å². The molecule has 90 valence electrons. The molecule has 0 spiro atoms. The fourth-order valence-corrected chi connectivity index (χ4v) is 1.11. The molecule has 6 nitrogen and oxygen atoms in total. The van der Waals surface area contributed by atoms with Crippen molar-refractivity contribution >= 4 is 11.5 Å². The van der Waals surface area contributed by atoms with Gasteiger partial charge in [0.15, 0.2) is 5.82 Å². The van der Waals surface area contributed by atoms with Crippen LogP contribution < -0.4 is 29.6 Å². The molecule has 0 atom stereocenters. The van der Waals surface area contributed by atoms with Crippen LogP contribution in [0.5, 0.6) is 11.5 Å². The fraction of sp³-hybridized carbons (Fsp3) is 0. The number of benzene rings is 1. The van der Waals surface area contributed by atoms with Gasteiger partial charge < -0.3 is 17.1 Å². The normalized spacial score (nSPS) is 9.56. The smallest absolute Gasteiger partial charge is 1.00 e. The molecule has 0 bridgehead atoms. The van der Waals surface area contributed by atoms with E-state index in [0.717, 1.165) is 0 Å². The third-order valence-electron chi connectivity index (χ3n) is 1.87. The van der Waals surface area contributed by atoms with E-state index in [4.69, 9.17) is 5.11 Å². The van der Waals surface area contributed by atoms with Crippen molar-refractivity contribution in [2.45, 2.75) is 0 Å². The SMILES string of the molecule is O.Oc1ccc(N=Nc2ccccn2)c(O)c1.[H-].[Na+]. The van der Waals surface area contributed by atoms with Gasteiger partial charge in [-0.05, 0) is 24.3 Å². The van der Waals surface area contributed by atoms with Crippen molar-refractivity contribution in [1.82, 2.24) is 4.98 Å². The number of aromatic hydroxyl groups is 2. The Kier molecular flexibility index (Phi) is 7.14. The number of pyridine rings is 1. The van der Waals surface area contributed by atoms with E-state index in [2.05, 4.69) is 15.2 Å². The zero-order valence-electron chi connectivity index (χ0n) is 10.8. The molecular formula is C11H12N3NaO3. The summed E-state index contributed by atoms with van der Waals surface area (Å²) in [4.78, 5) is 3.95. The number of hydrogen-bond donors (Lipinski definition) is 2. The van der Waals surface area contributed by atoms with Crippen LogP contribution in [0.15, 0.2) is 52.8 Å². The summed E-state index contributed by atoms with van der Waals surface area (Å²) in [6.07, 6.45) is 1.60. The number of aromatic nitrogens is 1. The van der Waals surface area contributed by atoms with E-state index in [1.54, 1.807) is 24.4 Å². The summed E-state index contributed by atoms with van der Waals surface area (Å²) in [6.45, 7) is 0. The van der Waals surface area contributed by atoms with E-state index in [-0.39, 0.29) is 53.6 Å². The van der Waals surface area contributed by atoms with E-state index < -0.39 is 0 Å². The molecule has 0 saturated carbocycles. The molecule has 0 aliphatic rings. The van der Waals surface area contributed by atoms with Crippen LogP contribution in [-0.2, 0) is 0 Å². The predicted octanol–water partition coefficient (Wildman–Crippen LogP) is -0.800. The first-order valence-corrected chi connectivity index (χ1v) is 4.60. The van der Waals surface area contributed by atoms with E-state index in [1.807, 2.05) is 0 Å². The summed E-state index contributed by atoms with van der Waals surface area (Å²) in [6, 6.07) is 9.35. The van der Waals surface area contributed by atoms with Crippen LogP contribution in [-0.4, -0.2) is 20.7 Å². The zero-order chi connectivity index (χ0) is 11.4. The second-order valence-electron chi connectivity index (χ2n) is 3.06. The minimum Gasteiger partial charge on any atom is -1.00 e. The molecule has 18 heavy (non-hydrogen) atoms. The average Bonchev–Trinajstić information content (AvgIpc) is 2.29. The molecule has 1 aromatic heterocycles. The minimum atomic E-state index is -0.125. The summed E-state index contributed by atoms with van der Waals surface area (Å²) in [5, 5.41) is 26.2. The van der Waals surface area contributed by atoms with Crippen LogP contribution in [0.4, 0.5) is 11.5 Å². The fourth-order valence-electron chi connectivity index (χ4n) is 1.11. The summed E-state index contributed by atoms with van der Waals surface area (Å²) in [7, 11) is 0. The van der Waals surface area contributed by atoms with E-state index in [1.165, 1.54) is 18.2 Å². The molecule has 0 aliphatic carbocycles. The van der Waals surface area contributed by atoms with Crippen LogP contribution >= 0.6 is 0 Å². The zero-order valence-corrected chi connectivity index (χ0v) is 11.8. The van der Waals surface area contributed by atoms with Crippen molar-refractivity contribution < 1.29 is 46.7 Å². The Hall–Kier alpha value is -1.47. The van der Waals surface area contributed by atoms with Crippen molar-refractivity contribution in [2.75, 3.05) is 0 Å². The second kappa shape index (κ2) is 7.78. The van der Waals surface area contributed by atoms with Gasteiger partial charge in [0.2, 0.25) is 0 Å². The molecular weight excluding hydrogens is 245 g/mol. The first kappa shape index (κ1) is 16.5. The molecule has 1 aromatic carbocycles. The van der Waals surface area contributed by atoms with Gasteiger partial charge in [0, 0.05) is 12.3 Å². The number of azo groups is 1. The van der Waals surface area contributed by atoms with Crippen LogP contribution in [0.2, 0.25) is 0 Å². The molecule has 4 N–H and O–H groups in total. The Bertz CT molecular complexity index is 526. The quantitative estimate of drug-likeness (QED) is 0.542. The van der Waals surface area contributed by atoms with Gasteiger partial charge in [0.1, 0.15) is 17.2 Å². The Balaban J connectivity index is 0. The van der Waals surface area contributed by atoms with Gasteiger partial charge in [0.25, 0.3) is 0 Å². The van der Waals surface area contributed by atoms with Crippen molar-refractivity contribution in [3.63, 3.8) is 0 Å². The molecule has 2 rings (SSSR count). The standard InChI is InChI=1S/C11H9N3O2.Na.H2O.H/c15-8-4-5-9(10(16)7-8)13-14-11-3-1-2-6-12-11;;;/h1-7,15-16H;;1H2;/q;+1;;-1. The van der Waals surface area contributed by atoms with E-state index in [0.29, 0.717) is 5.82 Å². The monoisotopic (exact) mass is 257 g/mol. The number of rotatable bonds is 2. The third kappa shape index (κ3) is 4.42. The van der Waals surface area contributed by atoms with Crippen LogP contribution in [0.3, 0.4) is 0 Å². The van der Waals surface area contributed by atoms with E-state index in [9.17, 15) is 5.11 Å². The Morgan fingerprint density at radius 2 is 1.83 bits per heavy atom. The maximum Gasteiger partial charge on any atom is 1.00 e. The first-order chi connectivity index (χ1) is 7.75. The van der Waals surface area contributed by atoms with Crippen molar-refractivity contribution in [3.05, 3.63) is 42.6 Å². The first-order valence-electron chi connectivity index (χ1n) is 4.60. The van der Waals surface area contributed by atoms with Gasteiger partial charge in [-0.3, -0.25) is 0 Å². The molecule has 0 fully saturated rings. The molecule has 0 unspecified atom stereocenters. The summed E-state index contributed by atoms with van der Waals surface area (Å²) in [5.74, 6) is 0.309. The van der Waals surface area contributed by atoms with Crippen molar-refractivity contribution in [2.24, 2.45) is 10.2 Å². The number of nitrogens with zero attached hydrogens (tertiary/aromatic N) is 3. The topological polar surface area (TPSA) is 110 Å². The molecule has 0 amide bonds. The molecule has 1 heterocycles.